The minimum absolute atomic E-state index is 0.0105. The maximum absolute atomic E-state index is 11.6. The lowest BCUT2D eigenvalue weighted by Gasteiger charge is -2.48. The van der Waals surface area contributed by atoms with E-state index in [1.54, 1.807) is 6.92 Å². The van der Waals surface area contributed by atoms with Gasteiger partial charge in [0.2, 0.25) is 0 Å². The quantitative estimate of drug-likeness (QED) is 0.527. The smallest absolute Gasteiger partial charge is 0.264 e. The van der Waals surface area contributed by atoms with E-state index in [0.717, 1.165) is 32.1 Å². The number of hydrogen-bond donors (Lipinski definition) is 0. The summed E-state index contributed by atoms with van der Waals surface area (Å²) < 4.78 is 47.1. The summed E-state index contributed by atoms with van der Waals surface area (Å²) in [6.45, 7) is 13.5. The van der Waals surface area contributed by atoms with Gasteiger partial charge >= 0.3 is 0 Å². The van der Waals surface area contributed by atoms with Gasteiger partial charge in [-0.15, -0.1) is 0 Å². The summed E-state index contributed by atoms with van der Waals surface area (Å²) in [5.74, 6) is 0. The van der Waals surface area contributed by atoms with Crippen molar-refractivity contribution in [1.82, 2.24) is 0 Å². The van der Waals surface area contributed by atoms with Gasteiger partial charge in [-0.25, -0.2) is 0 Å². The average Bonchev–Trinajstić information content (AvgIpc) is 2.43. The molecule has 2 rings (SSSR count). The van der Waals surface area contributed by atoms with Crippen LogP contribution in [0.15, 0.2) is 0 Å². The van der Waals surface area contributed by atoms with E-state index in [1.165, 1.54) is 0 Å². The lowest BCUT2D eigenvalue weighted by molar-refractivity contribution is -0.215. The summed E-state index contributed by atoms with van der Waals surface area (Å²) in [5.41, 5.74) is 0. The minimum Gasteiger partial charge on any atom is -0.411 e. The Balaban J connectivity index is 2.21. The first-order valence-corrected chi connectivity index (χ1v) is 13.9. The van der Waals surface area contributed by atoms with Crippen molar-refractivity contribution in [2.45, 2.75) is 95.6 Å². The van der Waals surface area contributed by atoms with E-state index in [2.05, 4.69) is 33.9 Å². The van der Waals surface area contributed by atoms with Crippen LogP contribution in [-0.2, 0) is 28.2 Å². The molecule has 0 aromatic heterocycles. The molecular weight excluding hydrogens is 360 g/mol. The molecule has 0 aliphatic carbocycles. The predicted molar refractivity (Wildman–Crippen MR) is 99.7 cm³/mol. The number of rotatable bonds is 5. The molecule has 0 bridgehead atoms. The van der Waals surface area contributed by atoms with Gasteiger partial charge in [0.05, 0.1) is 24.6 Å². The third-order valence-corrected chi connectivity index (χ3v) is 10.7. The van der Waals surface area contributed by atoms with Crippen molar-refractivity contribution in [1.29, 1.82) is 0 Å². The second kappa shape index (κ2) is 7.56. The molecule has 8 heteroatoms. The Morgan fingerprint density at radius 3 is 2.40 bits per heavy atom. The van der Waals surface area contributed by atoms with Gasteiger partial charge in [0.25, 0.3) is 10.1 Å². The zero-order chi connectivity index (χ0) is 19.0. The first-order chi connectivity index (χ1) is 11.3. The van der Waals surface area contributed by atoms with Crippen LogP contribution in [-0.4, -0.2) is 60.1 Å². The third-order valence-electron chi connectivity index (χ3n) is 5.58. The van der Waals surface area contributed by atoms with Crippen molar-refractivity contribution >= 4 is 18.4 Å². The second-order valence-corrected chi connectivity index (χ2v) is 15.2. The van der Waals surface area contributed by atoms with Gasteiger partial charge in [-0.05, 0) is 37.9 Å². The molecule has 0 spiro atoms. The maximum atomic E-state index is 11.6. The van der Waals surface area contributed by atoms with Crippen LogP contribution in [0.25, 0.3) is 0 Å². The SMILES string of the molecule is C[C@H](OS(C)(=O)=O)[C@H]1O[C@H]2CCCO[C@@H]2C[C@@H]1O[Si](C)(C)C(C)(C)C. The Hall–Kier alpha value is 0.00688. The van der Waals surface area contributed by atoms with E-state index in [-0.39, 0.29) is 23.4 Å². The summed E-state index contributed by atoms with van der Waals surface area (Å²) in [5, 5.41) is 0.0583. The van der Waals surface area contributed by atoms with Crippen molar-refractivity contribution in [3.05, 3.63) is 0 Å². The summed E-state index contributed by atoms with van der Waals surface area (Å²) in [6, 6.07) is 0. The minimum atomic E-state index is -3.55. The maximum Gasteiger partial charge on any atom is 0.264 e. The summed E-state index contributed by atoms with van der Waals surface area (Å²) in [4.78, 5) is 0. The summed E-state index contributed by atoms with van der Waals surface area (Å²) in [6.07, 6.45) is 2.47. The first kappa shape index (κ1) is 21.3. The molecule has 2 saturated heterocycles. The highest BCUT2D eigenvalue weighted by Gasteiger charge is 2.48. The normalized spacial score (nSPS) is 32.9. The summed E-state index contributed by atoms with van der Waals surface area (Å²) in [7, 11) is -5.59. The zero-order valence-corrected chi connectivity index (χ0v) is 18.4. The molecule has 0 unspecified atom stereocenters. The van der Waals surface area contributed by atoms with Crippen LogP contribution in [0.1, 0.15) is 47.0 Å². The third kappa shape index (κ3) is 5.49. The van der Waals surface area contributed by atoms with Crippen LogP contribution < -0.4 is 0 Å². The van der Waals surface area contributed by atoms with Crippen molar-refractivity contribution in [3.63, 3.8) is 0 Å². The monoisotopic (exact) mass is 394 g/mol. The first-order valence-electron chi connectivity index (χ1n) is 9.13. The molecule has 2 aliphatic rings. The van der Waals surface area contributed by atoms with Crippen LogP contribution in [0, 0.1) is 0 Å². The number of hydrogen-bond acceptors (Lipinski definition) is 6. The number of ether oxygens (including phenoxy) is 2. The highest BCUT2D eigenvalue weighted by Crippen LogP contribution is 2.41. The summed E-state index contributed by atoms with van der Waals surface area (Å²) >= 11 is 0. The van der Waals surface area contributed by atoms with Crippen molar-refractivity contribution in [2.75, 3.05) is 12.9 Å². The van der Waals surface area contributed by atoms with Gasteiger partial charge in [0.1, 0.15) is 12.2 Å². The standard InChI is InChI=1S/C17H34O6SSi/c1-12(22-24(5,18)19)16-15(23-25(6,7)17(2,3)4)11-14-13(21-16)9-8-10-20-14/h12-16H,8-11H2,1-7H3/t12-,13-,14+,15-,16+/m0/s1. The molecule has 0 amide bonds. The molecule has 6 nitrogen and oxygen atoms in total. The highest BCUT2D eigenvalue weighted by atomic mass is 32.2. The second-order valence-electron chi connectivity index (χ2n) is 8.85. The Morgan fingerprint density at radius 1 is 1.20 bits per heavy atom. The number of fused-ring (bicyclic) bond motifs is 1. The molecule has 0 aromatic carbocycles. The van der Waals surface area contributed by atoms with Gasteiger partial charge in [-0.3, -0.25) is 4.18 Å². The fourth-order valence-corrected chi connectivity index (χ4v) is 5.26. The molecule has 148 valence electrons. The van der Waals surface area contributed by atoms with E-state index in [0.29, 0.717) is 0 Å². The molecule has 2 aliphatic heterocycles. The fraction of sp³-hybridized carbons (Fsp3) is 1.00. The zero-order valence-electron chi connectivity index (χ0n) is 16.6. The average molecular weight is 395 g/mol. The molecule has 0 aromatic rings. The van der Waals surface area contributed by atoms with E-state index in [1.807, 2.05) is 0 Å². The van der Waals surface area contributed by atoms with Gasteiger partial charge in [0.15, 0.2) is 8.32 Å². The van der Waals surface area contributed by atoms with Crippen LogP contribution in [0.5, 0.6) is 0 Å². The lowest BCUT2D eigenvalue weighted by atomic mass is 9.92. The van der Waals surface area contributed by atoms with Crippen LogP contribution >= 0.6 is 0 Å². The highest BCUT2D eigenvalue weighted by molar-refractivity contribution is 7.86. The predicted octanol–water partition coefficient (Wildman–Crippen LogP) is 3.08. The fourth-order valence-electron chi connectivity index (χ4n) is 3.25. The molecular formula is C17H34O6SSi. The molecule has 25 heavy (non-hydrogen) atoms. The van der Waals surface area contributed by atoms with E-state index in [4.69, 9.17) is 18.1 Å². The lowest BCUT2D eigenvalue weighted by Crippen LogP contribution is -2.58. The van der Waals surface area contributed by atoms with E-state index >= 15 is 0 Å². The molecule has 0 N–H and O–H groups in total. The van der Waals surface area contributed by atoms with Crippen molar-refractivity contribution in [2.24, 2.45) is 0 Å². The van der Waals surface area contributed by atoms with E-state index < -0.39 is 30.6 Å². The molecule has 5 atom stereocenters. The Morgan fingerprint density at radius 2 is 1.84 bits per heavy atom. The van der Waals surface area contributed by atoms with E-state index in [9.17, 15) is 8.42 Å². The topological polar surface area (TPSA) is 71.1 Å². The largest absolute Gasteiger partial charge is 0.411 e. The Kier molecular flexibility index (Phi) is 6.44. The van der Waals surface area contributed by atoms with Gasteiger partial charge in [-0.1, -0.05) is 20.8 Å². The molecule has 2 fully saturated rings. The Bertz CT molecular complexity index is 556. The Labute approximate surface area is 153 Å². The van der Waals surface area contributed by atoms with Crippen LogP contribution in [0.2, 0.25) is 18.1 Å². The van der Waals surface area contributed by atoms with Crippen LogP contribution in [0.3, 0.4) is 0 Å². The molecule has 0 saturated carbocycles. The van der Waals surface area contributed by atoms with Crippen LogP contribution in [0.4, 0.5) is 0 Å². The van der Waals surface area contributed by atoms with Gasteiger partial charge in [0, 0.05) is 13.0 Å². The van der Waals surface area contributed by atoms with Gasteiger partial charge < -0.3 is 13.9 Å². The van der Waals surface area contributed by atoms with Crippen molar-refractivity contribution in [3.8, 4) is 0 Å². The van der Waals surface area contributed by atoms with Crippen molar-refractivity contribution < 1.29 is 26.5 Å². The van der Waals surface area contributed by atoms with Gasteiger partial charge in [-0.2, -0.15) is 8.42 Å². The molecule has 2 heterocycles. The molecule has 0 radical (unpaired) electrons.